The van der Waals surface area contributed by atoms with Crippen LogP contribution in [0.1, 0.15) is 40.5 Å². The van der Waals surface area contributed by atoms with E-state index in [1.807, 2.05) is 13.8 Å². The molecular weight excluding hydrogens is 178 g/mol. The van der Waals surface area contributed by atoms with Gasteiger partial charge in [-0.2, -0.15) is 0 Å². The molecule has 0 aliphatic heterocycles. The minimum absolute atomic E-state index is 0.0548. The van der Waals surface area contributed by atoms with Gasteiger partial charge in [0.05, 0.1) is 6.61 Å². The molecule has 0 radical (unpaired) electrons. The average molecular weight is 203 g/mol. The third-order valence-corrected chi connectivity index (χ3v) is 2.14. The summed E-state index contributed by atoms with van der Waals surface area (Å²) < 4.78 is 0. The monoisotopic (exact) mass is 203 g/mol. The number of nitrogens with zero attached hydrogens (tertiary/aromatic N) is 1. The van der Waals surface area contributed by atoms with Gasteiger partial charge in [-0.3, -0.25) is 4.79 Å². The molecule has 0 aromatic carbocycles. The number of hydrogen-bond acceptors (Lipinski definition) is 2. The molecule has 1 unspecified atom stereocenters. The number of carbonyl (C=O) groups excluding carboxylic acids is 1. The Balaban J connectivity index is 0. The maximum Gasteiger partial charge on any atom is 0.209 e. The lowest BCUT2D eigenvalue weighted by molar-refractivity contribution is -0.118. The van der Waals surface area contributed by atoms with E-state index in [1.165, 1.54) is 0 Å². The van der Waals surface area contributed by atoms with E-state index in [1.54, 1.807) is 4.90 Å². The molecule has 0 bridgehead atoms. The summed E-state index contributed by atoms with van der Waals surface area (Å²) in [5.41, 5.74) is 0. The first kappa shape index (κ1) is 15.9. The molecule has 0 rings (SSSR count). The summed E-state index contributed by atoms with van der Waals surface area (Å²) in [4.78, 5) is 12.0. The number of amides is 1. The van der Waals surface area contributed by atoms with Crippen molar-refractivity contribution in [2.75, 3.05) is 19.7 Å². The topological polar surface area (TPSA) is 40.5 Å². The predicted octanol–water partition coefficient (Wildman–Crippen LogP) is 1.90. The van der Waals surface area contributed by atoms with E-state index in [9.17, 15) is 4.79 Å². The van der Waals surface area contributed by atoms with Crippen LogP contribution < -0.4 is 0 Å². The summed E-state index contributed by atoms with van der Waals surface area (Å²) in [6.45, 7) is 9.59. The molecule has 0 heterocycles. The van der Waals surface area contributed by atoms with Gasteiger partial charge in [0.2, 0.25) is 6.41 Å². The van der Waals surface area contributed by atoms with Crippen LogP contribution in [0.15, 0.2) is 0 Å². The first-order valence-corrected chi connectivity index (χ1v) is 5.54. The van der Waals surface area contributed by atoms with Gasteiger partial charge in [0.1, 0.15) is 0 Å². The van der Waals surface area contributed by atoms with E-state index < -0.39 is 0 Å². The van der Waals surface area contributed by atoms with Crippen molar-refractivity contribution in [3.8, 4) is 0 Å². The maximum absolute atomic E-state index is 10.4. The highest BCUT2D eigenvalue weighted by molar-refractivity contribution is 5.46. The maximum atomic E-state index is 10.4. The summed E-state index contributed by atoms with van der Waals surface area (Å²) in [7, 11) is 0. The smallest absolute Gasteiger partial charge is 0.209 e. The minimum Gasteiger partial charge on any atom is -0.395 e. The van der Waals surface area contributed by atoms with Crippen molar-refractivity contribution in [1.29, 1.82) is 0 Å². The van der Waals surface area contributed by atoms with E-state index in [0.717, 1.165) is 25.8 Å². The SMILES string of the molecule is CC.CCC(C)CCN(C=O)CCO. The zero-order valence-electron chi connectivity index (χ0n) is 9.99. The van der Waals surface area contributed by atoms with Crippen LogP contribution in [0.25, 0.3) is 0 Å². The third-order valence-electron chi connectivity index (χ3n) is 2.14. The minimum atomic E-state index is 0.0548. The zero-order chi connectivity index (χ0) is 11.4. The van der Waals surface area contributed by atoms with E-state index in [4.69, 9.17) is 5.11 Å². The lowest BCUT2D eigenvalue weighted by Crippen LogP contribution is -2.27. The van der Waals surface area contributed by atoms with Crippen LogP contribution in [-0.2, 0) is 4.79 Å². The standard InChI is InChI=1S/C9H19NO2.C2H6/c1-3-9(2)4-5-10(8-12)6-7-11;1-2/h8-9,11H,3-7H2,1-2H3;1-2H3. The molecule has 0 aliphatic carbocycles. The van der Waals surface area contributed by atoms with E-state index in [0.29, 0.717) is 12.5 Å². The van der Waals surface area contributed by atoms with Crippen molar-refractivity contribution in [3.63, 3.8) is 0 Å². The molecule has 0 saturated carbocycles. The Labute approximate surface area is 88.1 Å². The molecule has 3 heteroatoms. The average Bonchev–Trinajstić information content (AvgIpc) is 2.26. The van der Waals surface area contributed by atoms with Gasteiger partial charge >= 0.3 is 0 Å². The number of aliphatic hydroxyl groups excluding tert-OH is 1. The summed E-state index contributed by atoms with van der Waals surface area (Å²) in [5.74, 6) is 0.658. The number of hydrogen-bond donors (Lipinski definition) is 1. The van der Waals surface area contributed by atoms with Gasteiger partial charge in [0.15, 0.2) is 0 Å². The number of carbonyl (C=O) groups is 1. The van der Waals surface area contributed by atoms with Crippen molar-refractivity contribution < 1.29 is 9.90 Å². The summed E-state index contributed by atoms with van der Waals surface area (Å²) in [5, 5.41) is 8.59. The van der Waals surface area contributed by atoms with Crippen molar-refractivity contribution in [2.24, 2.45) is 5.92 Å². The molecule has 1 atom stereocenters. The first-order valence-electron chi connectivity index (χ1n) is 5.54. The van der Waals surface area contributed by atoms with E-state index in [-0.39, 0.29) is 6.61 Å². The van der Waals surface area contributed by atoms with Gasteiger partial charge in [-0.15, -0.1) is 0 Å². The van der Waals surface area contributed by atoms with Gasteiger partial charge in [0.25, 0.3) is 0 Å². The molecule has 0 aliphatic rings. The van der Waals surface area contributed by atoms with E-state index in [2.05, 4.69) is 13.8 Å². The quantitative estimate of drug-likeness (QED) is 0.642. The summed E-state index contributed by atoms with van der Waals surface area (Å²) in [6, 6.07) is 0. The predicted molar refractivity (Wildman–Crippen MR) is 60.1 cm³/mol. The zero-order valence-corrected chi connectivity index (χ0v) is 9.99. The molecule has 0 aromatic rings. The van der Waals surface area contributed by atoms with Gasteiger partial charge in [-0.1, -0.05) is 34.1 Å². The fourth-order valence-corrected chi connectivity index (χ4v) is 0.936. The van der Waals surface area contributed by atoms with Crippen molar-refractivity contribution in [1.82, 2.24) is 4.90 Å². The molecular formula is C11H25NO2. The van der Waals surface area contributed by atoms with Crippen molar-refractivity contribution in [3.05, 3.63) is 0 Å². The van der Waals surface area contributed by atoms with Crippen LogP contribution in [0, 0.1) is 5.92 Å². The Morgan fingerprint density at radius 2 is 1.93 bits per heavy atom. The van der Waals surface area contributed by atoms with Crippen LogP contribution in [0.2, 0.25) is 0 Å². The fourth-order valence-electron chi connectivity index (χ4n) is 0.936. The molecule has 1 N–H and O–H groups in total. The highest BCUT2D eigenvalue weighted by Gasteiger charge is 2.03. The second-order valence-corrected chi connectivity index (χ2v) is 3.17. The summed E-state index contributed by atoms with van der Waals surface area (Å²) >= 11 is 0. The lowest BCUT2D eigenvalue weighted by atomic mass is 10.1. The van der Waals surface area contributed by atoms with Gasteiger partial charge in [-0.05, 0) is 12.3 Å². The number of rotatable bonds is 7. The van der Waals surface area contributed by atoms with Crippen molar-refractivity contribution >= 4 is 6.41 Å². The van der Waals surface area contributed by atoms with Gasteiger partial charge < -0.3 is 10.0 Å². The van der Waals surface area contributed by atoms with Crippen LogP contribution in [0.4, 0.5) is 0 Å². The summed E-state index contributed by atoms with van der Waals surface area (Å²) in [6.07, 6.45) is 2.97. The second kappa shape index (κ2) is 12.4. The lowest BCUT2D eigenvalue weighted by Gasteiger charge is -2.17. The van der Waals surface area contributed by atoms with Gasteiger partial charge in [-0.25, -0.2) is 0 Å². The Kier molecular flexibility index (Phi) is 14.1. The molecule has 0 aromatic heterocycles. The van der Waals surface area contributed by atoms with Crippen LogP contribution in [0.5, 0.6) is 0 Å². The molecule has 0 fully saturated rings. The van der Waals surface area contributed by atoms with Crippen LogP contribution in [-0.4, -0.2) is 36.1 Å². The van der Waals surface area contributed by atoms with Crippen LogP contribution >= 0.6 is 0 Å². The normalized spacial score (nSPS) is 11.2. The largest absolute Gasteiger partial charge is 0.395 e. The molecule has 14 heavy (non-hydrogen) atoms. The highest BCUT2D eigenvalue weighted by atomic mass is 16.3. The first-order chi connectivity index (χ1) is 6.74. The molecule has 1 amide bonds. The van der Waals surface area contributed by atoms with Crippen LogP contribution in [0.3, 0.4) is 0 Å². The number of aliphatic hydroxyl groups is 1. The molecule has 3 nitrogen and oxygen atoms in total. The Bertz CT molecular complexity index is 118. The molecule has 0 saturated heterocycles. The third kappa shape index (κ3) is 9.52. The Morgan fingerprint density at radius 1 is 1.36 bits per heavy atom. The van der Waals surface area contributed by atoms with E-state index >= 15 is 0 Å². The molecule has 86 valence electrons. The van der Waals surface area contributed by atoms with Crippen molar-refractivity contribution in [2.45, 2.75) is 40.5 Å². The second-order valence-electron chi connectivity index (χ2n) is 3.17. The Morgan fingerprint density at radius 3 is 2.29 bits per heavy atom. The highest BCUT2D eigenvalue weighted by Crippen LogP contribution is 2.06. The Hall–Kier alpha value is -0.570. The fraction of sp³-hybridized carbons (Fsp3) is 0.909. The molecule has 0 spiro atoms. The van der Waals surface area contributed by atoms with Gasteiger partial charge in [0, 0.05) is 13.1 Å².